The zero-order valence-electron chi connectivity index (χ0n) is 11.9. The molecule has 3 atom stereocenters. The van der Waals surface area contributed by atoms with Gasteiger partial charge in [0.05, 0.1) is 12.1 Å². The molecule has 0 aliphatic heterocycles. The maximum Gasteiger partial charge on any atom is 0.233 e. The molecule has 1 saturated carbocycles. The topological polar surface area (TPSA) is 99.2 Å². The first kappa shape index (κ1) is 15.8. The minimum atomic E-state index is -0.649. The van der Waals surface area contributed by atoms with E-state index in [-0.39, 0.29) is 23.7 Å². The van der Waals surface area contributed by atoms with E-state index in [0.29, 0.717) is 0 Å². The van der Waals surface area contributed by atoms with Crippen LogP contribution in [-0.2, 0) is 4.79 Å². The number of carbonyl (C=O) groups excluding carboxylic acids is 1. The number of likely N-dealkylation sites (N-methyl/N-ethyl adjacent to an activating group) is 1. The van der Waals surface area contributed by atoms with Crippen LogP contribution in [0.2, 0.25) is 0 Å². The highest BCUT2D eigenvalue weighted by molar-refractivity contribution is 6.02. The van der Waals surface area contributed by atoms with E-state index in [1.165, 1.54) is 0 Å². The number of aliphatic hydroxyl groups is 1. The Kier molecular flexibility index (Phi) is 5.60. The lowest BCUT2D eigenvalue weighted by atomic mass is 9.88. The molecular weight excluding hydrogens is 246 g/mol. The van der Waals surface area contributed by atoms with Crippen LogP contribution in [0.5, 0.6) is 0 Å². The van der Waals surface area contributed by atoms with E-state index in [1.807, 2.05) is 13.8 Å². The Hall–Kier alpha value is -1.30. The minimum absolute atomic E-state index is 0.0633. The van der Waals surface area contributed by atoms with Gasteiger partial charge in [0.2, 0.25) is 5.91 Å². The lowest BCUT2D eigenvalue weighted by molar-refractivity contribution is -0.138. The second kappa shape index (κ2) is 6.75. The van der Waals surface area contributed by atoms with Gasteiger partial charge >= 0.3 is 0 Å². The van der Waals surface area contributed by atoms with Crippen molar-refractivity contribution in [2.24, 2.45) is 22.7 Å². The van der Waals surface area contributed by atoms with Crippen molar-refractivity contribution in [2.45, 2.75) is 51.7 Å². The van der Waals surface area contributed by atoms with Crippen LogP contribution in [0.25, 0.3) is 0 Å². The highest BCUT2D eigenvalue weighted by atomic mass is 16.4. The van der Waals surface area contributed by atoms with Crippen molar-refractivity contribution in [3.63, 3.8) is 0 Å². The largest absolute Gasteiger partial charge is 0.409 e. The van der Waals surface area contributed by atoms with Gasteiger partial charge in [-0.05, 0) is 18.8 Å². The molecule has 6 nitrogen and oxygen atoms in total. The molecule has 1 rings (SSSR count). The molecule has 0 radical (unpaired) electrons. The molecule has 4 N–H and O–H groups in total. The third-order valence-corrected chi connectivity index (χ3v) is 3.91. The van der Waals surface area contributed by atoms with E-state index in [9.17, 15) is 9.90 Å². The summed E-state index contributed by atoms with van der Waals surface area (Å²) >= 11 is 0. The molecule has 6 heteroatoms. The predicted octanol–water partition coefficient (Wildman–Crippen LogP) is 0.767. The molecular formula is C13H25N3O3. The molecule has 3 unspecified atom stereocenters. The number of nitrogens with two attached hydrogens (primary N) is 1. The summed E-state index contributed by atoms with van der Waals surface area (Å²) in [4.78, 5) is 14.0. The predicted molar refractivity (Wildman–Crippen MR) is 72.8 cm³/mol. The summed E-state index contributed by atoms with van der Waals surface area (Å²) in [5.41, 5.74) is 5.61. The van der Waals surface area contributed by atoms with Gasteiger partial charge < -0.3 is 20.9 Å². The van der Waals surface area contributed by atoms with Gasteiger partial charge in [0.1, 0.15) is 5.92 Å². The molecule has 0 aromatic carbocycles. The third-order valence-electron chi connectivity index (χ3n) is 3.91. The zero-order valence-corrected chi connectivity index (χ0v) is 11.9. The number of rotatable bonds is 4. The molecule has 1 aliphatic rings. The number of amides is 1. The smallest absolute Gasteiger partial charge is 0.233 e. The van der Waals surface area contributed by atoms with Crippen LogP contribution in [0, 0.1) is 11.8 Å². The first-order valence-electron chi connectivity index (χ1n) is 6.82. The van der Waals surface area contributed by atoms with Crippen molar-refractivity contribution >= 4 is 11.7 Å². The molecule has 0 bridgehead atoms. The van der Waals surface area contributed by atoms with Crippen molar-refractivity contribution in [3.05, 3.63) is 0 Å². The van der Waals surface area contributed by atoms with Gasteiger partial charge in [0.25, 0.3) is 0 Å². The number of hydrogen-bond donors (Lipinski definition) is 3. The van der Waals surface area contributed by atoms with E-state index in [1.54, 1.807) is 11.9 Å². The zero-order chi connectivity index (χ0) is 14.6. The maximum atomic E-state index is 12.5. The summed E-state index contributed by atoms with van der Waals surface area (Å²) in [6.45, 7) is 3.71. The fourth-order valence-corrected chi connectivity index (χ4v) is 2.74. The highest BCUT2D eigenvalue weighted by Crippen LogP contribution is 2.25. The van der Waals surface area contributed by atoms with Crippen LogP contribution in [-0.4, -0.2) is 46.1 Å². The molecule has 0 spiro atoms. The second-order valence-electron chi connectivity index (χ2n) is 5.61. The van der Waals surface area contributed by atoms with Gasteiger partial charge in [0.15, 0.2) is 5.84 Å². The lowest BCUT2D eigenvalue weighted by Gasteiger charge is -2.37. The van der Waals surface area contributed by atoms with E-state index in [0.717, 1.165) is 25.7 Å². The summed E-state index contributed by atoms with van der Waals surface area (Å²) in [6.07, 6.45) is 3.04. The van der Waals surface area contributed by atoms with Crippen molar-refractivity contribution in [1.82, 2.24) is 4.90 Å². The molecule has 110 valence electrons. The van der Waals surface area contributed by atoms with Crippen molar-refractivity contribution in [3.8, 4) is 0 Å². The van der Waals surface area contributed by atoms with Crippen molar-refractivity contribution in [2.75, 3.05) is 7.05 Å². The number of carbonyl (C=O) groups is 1. The Balaban J connectivity index is 2.84. The van der Waals surface area contributed by atoms with Gasteiger partial charge in [-0.3, -0.25) is 4.79 Å². The summed E-state index contributed by atoms with van der Waals surface area (Å²) in [5, 5.41) is 21.8. The molecule has 1 aliphatic carbocycles. The van der Waals surface area contributed by atoms with Gasteiger partial charge in [-0.15, -0.1) is 0 Å². The Morgan fingerprint density at radius 1 is 1.37 bits per heavy atom. The van der Waals surface area contributed by atoms with Crippen LogP contribution in [0.4, 0.5) is 0 Å². The van der Waals surface area contributed by atoms with Crippen LogP contribution >= 0.6 is 0 Å². The Labute approximate surface area is 114 Å². The first-order valence-corrected chi connectivity index (χ1v) is 6.82. The SMILES string of the molecule is CC(C)C(C(=O)N(C)C1CCCCC1O)C(N)=NO. The lowest BCUT2D eigenvalue weighted by Crippen LogP contribution is -2.51. The minimum Gasteiger partial charge on any atom is -0.409 e. The Bertz CT molecular complexity index is 344. The number of hydrogen-bond acceptors (Lipinski definition) is 4. The van der Waals surface area contributed by atoms with E-state index < -0.39 is 12.0 Å². The summed E-state index contributed by atoms with van der Waals surface area (Å²) in [5.74, 6) is -0.982. The maximum absolute atomic E-state index is 12.5. The quantitative estimate of drug-likeness (QED) is 0.304. The molecule has 0 aromatic rings. The normalized spacial score (nSPS) is 26.3. The monoisotopic (exact) mass is 271 g/mol. The standard InChI is InChI=1S/C13H25N3O3/c1-8(2)11(12(14)15-19)13(18)16(3)9-6-4-5-7-10(9)17/h8-11,17,19H,4-7H2,1-3H3,(H2,14,15). The van der Waals surface area contributed by atoms with Gasteiger partial charge in [-0.25, -0.2) is 0 Å². The summed E-state index contributed by atoms with van der Waals surface area (Å²) in [6, 6.07) is -0.172. The van der Waals surface area contributed by atoms with Gasteiger partial charge in [-0.2, -0.15) is 0 Å². The van der Waals surface area contributed by atoms with Crippen molar-refractivity contribution in [1.29, 1.82) is 0 Å². The third kappa shape index (κ3) is 3.59. The average Bonchev–Trinajstić information content (AvgIpc) is 2.37. The van der Waals surface area contributed by atoms with Crippen LogP contribution < -0.4 is 5.73 Å². The summed E-state index contributed by atoms with van der Waals surface area (Å²) < 4.78 is 0. The Morgan fingerprint density at radius 3 is 2.42 bits per heavy atom. The molecule has 0 saturated heterocycles. The fourth-order valence-electron chi connectivity index (χ4n) is 2.74. The number of oxime groups is 1. The number of nitrogens with zero attached hydrogens (tertiary/aromatic N) is 2. The second-order valence-corrected chi connectivity index (χ2v) is 5.61. The number of aliphatic hydroxyl groups excluding tert-OH is 1. The molecule has 19 heavy (non-hydrogen) atoms. The first-order chi connectivity index (χ1) is 8.90. The molecule has 1 fully saturated rings. The van der Waals surface area contributed by atoms with Gasteiger partial charge in [0, 0.05) is 7.05 Å². The van der Waals surface area contributed by atoms with E-state index in [4.69, 9.17) is 10.9 Å². The molecule has 1 amide bonds. The number of amidine groups is 1. The van der Waals surface area contributed by atoms with Crippen molar-refractivity contribution < 1.29 is 15.1 Å². The van der Waals surface area contributed by atoms with E-state index >= 15 is 0 Å². The molecule has 0 heterocycles. The van der Waals surface area contributed by atoms with Crippen LogP contribution in [0.3, 0.4) is 0 Å². The van der Waals surface area contributed by atoms with Crippen LogP contribution in [0.15, 0.2) is 5.16 Å². The van der Waals surface area contributed by atoms with Crippen LogP contribution in [0.1, 0.15) is 39.5 Å². The van der Waals surface area contributed by atoms with E-state index in [2.05, 4.69) is 5.16 Å². The Morgan fingerprint density at radius 2 is 1.95 bits per heavy atom. The van der Waals surface area contributed by atoms with Gasteiger partial charge in [-0.1, -0.05) is 31.8 Å². The molecule has 0 aromatic heterocycles. The summed E-state index contributed by atoms with van der Waals surface area (Å²) in [7, 11) is 1.68. The fraction of sp³-hybridized carbons (Fsp3) is 0.846. The highest BCUT2D eigenvalue weighted by Gasteiger charge is 2.35. The average molecular weight is 271 g/mol.